The molecule has 0 atom stereocenters. The lowest BCUT2D eigenvalue weighted by Crippen LogP contribution is -2.33. The Morgan fingerprint density at radius 3 is 2.47 bits per heavy atom. The van der Waals surface area contributed by atoms with Gasteiger partial charge in [0.1, 0.15) is 5.70 Å². The summed E-state index contributed by atoms with van der Waals surface area (Å²) in [6.45, 7) is 0. The van der Waals surface area contributed by atoms with Crippen LogP contribution >= 0.6 is 0 Å². The highest BCUT2D eigenvalue weighted by Crippen LogP contribution is 2.20. The molecule has 0 saturated carbocycles. The summed E-state index contributed by atoms with van der Waals surface area (Å²) < 4.78 is 32.8. The van der Waals surface area contributed by atoms with Crippen molar-refractivity contribution in [3.8, 4) is 0 Å². The SMILES string of the molecule is COC(=O)C1=CC(c2ccccc2)=NS(=O)(=O)N1C. The van der Waals surface area contributed by atoms with Crippen molar-refractivity contribution in [1.29, 1.82) is 0 Å². The minimum absolute atomic E-state index is 0.0728. The van der Waals surface area contributed by atoms with Crippen molar-refractivity contribution in [3.05, 3.63) is 47.7 Å². The molecule has 0 radical (unpaired) electrons. The highest BCUT2D eigenvalue weighted by Gasteiger charge is 2.30. The molecule has 0 N–H and O–H groups in total. The zero-order chi connectivity index (χ0) is 14.0. The number of likely N-dealkylation sites (N-methyl/N-ethyl adjacent to an activating group) is 1. The molecule has 0 bridgehead atoms. The van der Waals surface area contributed by atoms with E-state index in [9.17, 15) is 13.2 Å². The number of esters is 1. The second-order valence-electron chi connectivity index (χ2n) is 3.81. The minimum atomic E-state index is -3.91. The first-order valence-corrected chi connectivity index (χ1v) is 6.79. The smallest absolute Gasteiger partial charge is 0.355 e. The zero-order valence-electron chi connectivity index (χ0n) is 10.4. The van der Waals surface area contributed by atoms with Gasteiger partial charge in [0.05, 0.1) is 12.8 Å². The number of carbonyl (C=O) groups excluding carboxylic acids is 1. The Morgan fingerprint density at radius 1 is 1.26 bits per heavy atom. The molecule has 1 aromatic carbocycles. The van der Waals surface area contributed by atoms with Gasteiger partial charge in [-0.2, -0.15) is 8.42 Å². The predicted molar refractivity (Wildman–Crippen MR) is 69.8 cm³/mol. The fraction of sp³-hybridized carbons (Fsp3) is 0.167. The minimum Gasteiger partial charge on any atom is -0.464 e. The van der Waals surface area contributed by atoms with Crippen molar-refractivity contribution in [2.24, 2.45) is 4.40 Å². The van der Waals surface area contributed by atoms with E-state index in [0.29, 0.717) is 5.56 Å². The van der Waals surface area contributed by atoms with Gasteiger partial charge in [-0.25, -0.2) is 9.10 Å². The van der Waals surface area contributed by atoms with E-state index in [1.807, 2.05) is 0 Å². The number of hydrogen-bond donors (Lipinski definition) is 0. The van der Waals surface area contributed by atoms with Crippen molar-refractivity contribution in [2.75, 3.05) is 14.2 Å². The van der Waals surface area contributed by atoms with Gasteiger partial charge in [-0.3, -0.25) is 0 Å². The van der Waals surface area contributed by atoms with Crippen LogP contribution in [0, 0.1) is 0 Å². The third-order valence-electron chi connectivity index (χ3n) is 2.64. The normalized spacial score (nSPS) is 17.5. The molecule has 6 nitrogen and oxygen atoms in total. The number of allylic oxidation sites excluding steroid dienone is 1. The summed E-state index contributed by atoms with van der Waals surface area (Å²) in [4.78, 5) is 11.6. The Hall–Kier alpha value is -2.15. The first-order chi connectivity index (χ1) is 8.95. The van der Waals surface area contributed by atoms with Gasteiger partial charge in [-0.15, -0.1) is 4.40 Å². The quantitative estimate of drug-likeness (QED) is 0.748. The molecule has 1 aromatic rings. The maximum atomic E-state index is 11.9. The molecule has 100 valence electrons. The van der Waals surface area contributed by atoms with Crippen LogP contribution in [0.4, 0.5) is 0 Å². The average Bonchev–Trinajstić information content (AvgIpc) is 2.41. The molecular weight excluding hydrogens is 268 g/mol. The number of hydrogen-bond acceptors (Lipinski definition) is 4. The molecule has 1 heterocycles. The summed E-state index contributed by atoms with van der Waals surface area (Å²) in [5, 5.41) is 0. The van der Waals surface area contributed by atoms with Crippen LogP contribution in [0.15, 0.2) is 46.5 Å². The molecular formula is C12H12N2O4S. The third-order valence-corrected chi connectivity index (χ3v) is 3.95. The molecule has 0 spiro atoms. The van der Waals surface area contributed by atoms with Crippen molar-refractivity contribution >= 4 is 21.9 Å². The van der Waals surface area contributed by atoms with E-state index in [2.05, 4.69) is 9.13 Å². The zero-order valence-corrected chi connectivity index (χ0v) is 11.2. The van der Waals surface area contributed by atoms with Crippen LogP contribution in [0.1, 0.15) is 5.56 Å². The fourth-order valence-corrected chi connectivity index (χ4v) is 2.50. The Kier molecular flexibility index (Phi) is 3.39. The van der Waals surface area contributed by atoms with Gasteiger partial charge in [-0.05, 0) is 6.08 Å². The lowest BCUT2D eigenvalue weighted by atomic mass is 10.1. The second-order valence-corrected chi connectivity index (χ2v) is 5.43. The van der Waals surface area contributed by atoms with E-state index in [4.69, 9.17) is 0 Å². The van der Waals surface area contributed by atoms with Gasteiger partial charge in [0.25, 0.3) is 0 Å². The number of carbonyl (C=O) groups is 1. The van der Waals surface area contributed by atoms with Gasteiger partial charge in [0, 0.05) is 12.6 Å². The summed E-state index contributed by atoms with van der Waals surface area (Å²) >= 11 is 0. The predicted octanol–water partition coefficient (Wildman–Crippen LogP) is 0.723. The summed E-state index contributed by atoms with van der Waals surface area (Å²) in [6, 6.07) is 8.75. The van der Waals surface area contributed by atoms with E-state index < -0.39 is 16.2 Å². The molecule has 0 unspecified atom stereocenters. The van der Waals surface area contributed by atoms with Crippen LogP contribution in [0.2, 0.25) is 0 Å². The molecule has 19 heavy (non-hydrogen) atoms. The van der Waals surface area contributed by atoms with Gasteiger partial charge >= 0.3 is 16.2 Å². The van der Waals surface area contributed by atoms with Crippen LogP contribution in [0.5, 0.6) is 0 Å². The second kappa shape index (κ2) is 4.85. The van der Waals surface area contributed by atoms with Crippen LogP contribution in [-0.2, 0) is 19.7 Å². The van der Waals surface area contributed by atoms with E-state index in [0.717, 1.165) is 4.31 Å². The van der Waals surface area contributed by atoms with Crippen molar-refractivity contribution in [1.82, 2.24) is 4.31 Å². The van der Waals surface area contributed by atoms with Crippen molar-refractivity contribution in [3.63, 3.8) is 0 Å². The molecule has 7 heteroatoms. The Morgan fingerprint density at radius 2 is 1.89 bits per heavy atom. The van der Waals surface area contributed by atoms with Gasteiger partial charge in [0.15, 0.2) is 0 Å². The first-order valence-electron chi connectivity index (χ1n) is 5.40. The molecule has 0 amide bonds. The monoisotopic (exact) mass is 280 g/mol. The lowest BCUT2D eigenvalue weighted by molar-refractivity contribution is -0.137. The van der Waals surface area contributed by atoms with E-state index in [1.165, 1.54) is 20.2 Å². The number of rotatable bonds is 2. The van der Waals surface area contributed by atoms with Crippen LogP contribution in [-0.4, -0.2) is 38.6 Å². The Bertz CT molecular complexity index is 662. The number of ether oxygens (including phenoxy) is 1. The lowest BCUT2D eigenvalue weighted by Gasteiger charge is -2.22. The molecule has 0 fully saturated rings. The molecule has 0 aliphatic carbocycles. The first kappa shape index (κ1) is 13.3. The highest BCUT2D eigenvalue weighted by molar-refractivity contribution is 7.88. The van der Waals surface area contributed by atoms with E-state index in [1.54, 1.807) is 30.3 Å². The van der Waals surface area contributed by atoms with Gasteiger partial charge < -0.3 is 4.74 Å². The van der Waals surface area contributed by atoms with Crippen LogP contribution < -0.4 is 0 Å². The maximum Gasteiger partial charge on any atom is 0.355 e. The van der Waals surface area contributed by atoms with Crippen LogP contribution in [0.3, 0.4) is 0 Å². The Labute approximate surface area is 111 Å². The molecule has 0 aromatic heterocycles. The number of methoxy groups -OCH3 is 1. The molecule has 0 saturated heterocycles. The summed E-state index contributed by atoms with van der Waals surface area (Å²) in [5.74, 6) is -0.727. The maximum absolute atomic E-state index is 11.9. The summed E-state index contributed by atoms with van der Waals surface area (Å²) in [6.07, 6.45) is 1.39. The molecule has 1 aliphatic heterocycles. The molecule has 1 aliphatic rings. The average molecular weight is 280 g/mol. The largest absolute Gasteiger partial charge is 0.464 e. The Balaban J connectivity index is 2.56. The van der Waals surface area contributed by atoms with Gasteiger partial charge in [0.2, 0.25) is 0 Å². The topological polar surface area (TPSA) is 76.0 Å². The fourth-order valence-electron chi connectivity index (χ4n) is 1.59. The number of benzene rings is 1. The standard InChI is InChI=1S/C12H12N2O4S/c1-14-11(12(15)18-2)8-10(13-19(14,16)17)9-6-4-3-5-7-9/h3-8H,1-2H3. The highest BCUT2D eigenvalue weighted by atomic mass is 32.2. The number of nitrogens with zero attached hydrogens (tertiary/aromatic N) is 2. The summed E-state index contributed by atoms with van der Waals surface area (Å²) in [7, 11) is -1.47. The van der Waals surface area contributed by atoms with E-state index in [-0.39, 0.29) is 11.4 Å². The van der Waals surface area contributed by atoms with Crippen LogP contribution in [0.25, 0.3) is 0 Å². The molecule has 2 rings (SSSR count). The van der Waals surface area contributed by atoms with Crippen molar-refractivity contribution < 1.29 is 17.9 Å². The van der Waals surface area contributed by atoms with Crippen molar-refractivity contribution in [2.45, 2.75) is 0 Å². The van der Waals surface area contributed by atoms with Gasteiger partial charge in [-0.1, -0.05) is 30.3 Å². The third kappa shape index (κ3) is 2.50. The summed E-state index contributed by atoms with van der Waals surface area (Å²) in [5.41, 5.74) is 0.746. The van der Waals surface area contributed by atoms with E-state index >= 15 is 0 Å².